The molecule has 1 unspecified atom stereocenters. The summed E-state index contributed by atoms with van der Waals surface area (Å²) in [7, 11) is 1.49. The molecule has 2 rings (SSSR count). The Kier molecular flexibility index (Phi) is 11.9. The van der Waals surface area contributed by atoms with Crippen molar-refractivity contribution in [3.05, 3.63) is 17.7 Å². The minimum absolute atomic E-state index is 0.00933. The summed E-state index contributed by atoms with van der Waals surface area (Å²) in [5.74, 6) is -1.58. The standard InChI is InChI=1S/C26H42O6/c1-3-4-5-6-7-8-9-10-11-12-13-14-15-16-26(29)19-23(28)25-22(27)17-21(31-20-30-2)18-24(25)32-26/h17-18,27,29H,3-16,19-20H2,1-2H3. The number of phenolic OH excluding ortho intramolecular Hbond substituents is 1. The summed E-state index contributed by atoms with van der Waals surface area (Å²) in [6, 6.07) is 2.87. The van der Waals surface area contributed by atoms with Gasteiger partial charge in [0.05, 0.1) is 6.42 Å². The van der Waals surface area contributed by atoms with Crippen LogP contribution in [-0.2, 0) is 4.74 Å². The number of hydrogen-bond donors (Lipinski definition) is 2. The summed E-state index contributed by atoms with van der Waals surface area (Å²) in [5, 5.41) is 21.0. The second-order valence-electron chi connectivity index (χ2n) is 9.01. The minimum atomic E-state index is -1.53. The number of phenols is 1. The Bertz CT molecular complexity index is 689. The largest absolute Gasteiger partial charge is 0.507 e. The van der Waals surface area contributed by atoms with Crippen molar-refractivity contribution in [2.24, 2.45) is 0 Å². The molecule has 32 heavy (non-hydrogen) atoms. The first-order valence-electron chi connectivity index (χ1n) is 12.4. The second-order valence-corrected chi connectivity index (χ2v) is 9.01. The topological polar surface area (TPSA) is 85.2 Å². The molecule has 2 N–H and O–H groups in total. The van der Waals surface area contributed by atoms with Gasteiger partial charge in [-0.2, -0.15) is 0 Å². The molecule has 1 aliphatic rings. The first kappa shape index (κ1) is 26.5. The summed E-state index contributed by atoms with van der Waals surface area (Å²) in [4.78, 5) is 12.5. The van der Waals surface area contributed by atoms with Crippen LogP contribution in [0, 0.1) is 0 Å². The number of rotatable bonds is 17. The smallest absolute Gasteiger partial charge is 0.215 e. The monoisotopic (exact) mass is 450 g/mol. The number of benzene rings is 1. The Morgan fingerprint density at radius 2 is 1.50 bits per heavy atom. The molecule has 0 radical (unpaired) electrons. The van der Waals surface area contributed by atoms with Crippen LogP contribution in [0.5, 0.6) is 17.2 Å². The highest BCUT2D eigenvalue weighted by atomic mass is 16.7. The van der Waals surface area contributed by atoms with Crippen LogP contribution in [0.2, 0.25) is 0 Å². The highest BCUT2D eigenvalue weighted by Gasteiger charge is 2.40. The number of aromatic hydroxyl groups is 1. The normalized spacial score (nSPS) is 17.8. The van der Waals surface area contributed by atoms with Gasteiger partial charge in [0.15, 0.2) is 12.6 Å². The molecular weight excluding hydrogens is 408 g/mol. The van der Waals surface area contributed by atoms with Crippen molar-refractivity contribution in [2.75, 3.05) is 13.9 Å². The molecule has 1 aromatic carbocycles. The van der Waals surface area contributed by atoms with Gasteiger partial charge in [0, 0.05) is 25.7 Å². The SMILES string of the molecule is CCCCCCCCCCCCCCCC1(O)CC(=O)c2c(O)cc(OCOC)cc2O1. The highest BCUT2D eigenvalue weighted by Crippen LogP contribution is 2.41. The van der Waals surface area contributed by atoms with Crippen molar-refractivity contribution in [3.8, 4) is 17.2 Å². The Morgan fingerprint density at radius 1 is 0.938 bits per heavy atom. The van der Waals surface area contributed by atoms with Gasteiger partial charge in [-0.15, -0.1) is 0 Å². The first-order valence-corrected chi connectivity index (χ1v) is 12.4. The maximum atomic E-state index is 12.5. The number of methoxy groups -OCH3 is 1. The quantitative estimate of drug-likeness (QED) is 0.208. The summed E-state index contributed by atoms with van der Waals surface area (Å²) < 4.78 is 15.9. The highest BCUT2D eigenvalue weighted by molar-refractivity contribution is 6.02. The lowest BCUT2D eigenvalue weighted by atomic mass is 9.93. The lowest BCUT2D eigenvalue weighted by molar-refractivity contribution is -0.145. The zero-order valence-corrected chi connectivity index (χ0v) is 20.0. The molecule has 0 amide bonds. The van der Waals surface area contributed by atoms with Gasteiger partial charge in [-0.1, -0.05) is 84.0 Å². The van der Waals surface area contributed by atoms with Gasteiger partial charge in [-0.25, -0.2) is 0 Å². The maximum Gasteiger partial charge on any atom is 0.215 e. The molecule has 0 spiro atoms. The molecule has 1 atom stereocenters. The van der Waals surface area contributed by atoms with E-state index in [2.05, 4.69) is 6.92 Å². The van der Waals surface area contributed by atoms with E-state index in [-0.39, 0.29) is 36.1 Å². The van der Waals surface area contributed by atoms with Crippen LogP contribution in [-0.4, -0.2) is 35.7 Å². The van der Waals surface area contributed by atoms with Crippen molar-refractivity contribution in [1.29, 1.82) is 0 Å². The molecule has 0 bridgehead atoms. The Labute approximate surface area is 193 Å². The van der Waals surface area contributed by atoms with Gasteiger partial charge >= 0.3 is 0 Å². The van der Waals surface area contributed by atoms with Crippen LogP contribution >= 0.6 is 0 Å². The summed E-state index contributed by atoms with van der Waals surface area (Å²) >= 11 is 0. The number of carbonyl (C=O) groups excluding carboxylic acids is 1. The van der Waals surface area contributed by atoms with E-state index in [1.54, 1.807) is 0 Å². The summed E-state index contributed by atoms with van der Waals surface area (Å²) in [5.41, 5.74) is 0.102. The van der Waals surface area contributed by atoms with Crippen molar-refractivity contribution < 1.29 is 29.2 Å². The van der Waals surface area contributed by atoms with Crippen LogP contribution in [0.4, 0.5) is 0 Å². The number of ketones is 1. The van der Waals surface area contributed by atoms with Crippen LogP contribution in [0.25, 0.3) is 0 Å². The van der Waals surface area contributed by atoms with Crippen LogP contribution in [0.15, 0.2) is 12.1 Å². The van der Waals surface area contributed by atoms with Crippen molar-refractivity contribution >= 4 is 5.78 Å². The molecule has 0 saturated carbocycles. The molecule has 1 aliphatic heterocycles. The van der Waals surface area contributed by atoms with Crippen molar-refractivity contribution in [2.45, 2.75) is 109 Å². The number of ether oxygens (including phenoxy) is 3. The molecule has 6 heteroatoms. The molecule has 0 aliphatic carbocycles. The average molecular weight is 451 g/mol. The fourth-order valence-corrected chi connectivity index (χ4v) is 4.29. The van der Waals surface area contributed by atoms with E-state index in [0.717, 1.165) is 19.3 Å². The van der Waals surface area contributed by atoms with Gasteiger partial charge in [0.25, 0.3) is 0 Å². The molecular formula is C26H42O6. The predicted octanol–water partition coefficient (Wildman–Crippen LogP) is 6.51. The third kappa shape index (κ3) is 8.99. The van der Waals surface area contributed by atoms with E-state index in [1.807, 2.05) is 0 Å². The Balaban J connectivity index is 1.65. The molecule has 0 aromatic heterocycles. The zero-order valence-electron chi connectivity index (χ0n) is 20.0. The lowest BCUT2D eigenvalue weighted by Gasteiger charge is -2.33. The molecule has 6 nitrogen and oxygen atoms in total. The predicted molar refractivity (Wildman–Crippen MR) is 125 cm³/mol. The molecule has 182 valence electrons. The maximum absolute atomic E-state index is 12.5. The van der Waals surface area contributed by atoms with Gasteiger partial charge in [-0.3, -0.25) is 4.79 Å². The summed E-state index contributed by atoms with van der Waals surface area (Å²) in [6.07, 6.45) is 16.5. The van der Waals surface area contributed by atoms with E-state index in [9.17, 15) is 15.0 Å². The van der Waals surface area contributed by atoms with E-state index in [1.165, 1.54) is 83.5 Å². The fourth-order valence-electron chi connectivity index (χ4n) is 4.29. The average Bonchev–Trinajstić information content (AvgIpc) is 2.74. The summed E-state index contributed by atoms with van der Waals surface area (Å²) in [6.45, 7) is 2.26. The molecule has 0 saturated heterocycles. The van der Waals surface area contributed by atoms with Crippen molar-refractivity contribution in [3.63, 3.8) is 0 Å². The van der Waals surface area contributed by atoms with E-state index in [4.69, 9.17) is 14.2 Å². The number of fused-ring (bicyclic) bond motifs is 1. The van der Waals surface area contributed by atoms with Gasteiger partial charge in [-0.05, 0) is 6.42 Å². The van der Waals surface area contributed by atoms with E-state index < -0.39 is 5.79 Å². The third-order valence-electron chi connectivity index (χ3n) is 6.08. The fraction of sp³-hybridized carbons (Fsp3) is 0.731. The van der Waals surface area contributed by atoms with Crippen LogP contribution < -0.4 is 9.47 Å². The number of carbonyl (C=O) groups is 1. The lowest BCUT2D eigenvalue weighted by Crippen LogP contribution is -2.41. The molecule has 1 heterocycles. The van der Waals surface area contributed by atoms with Crippen LogP contribution in [0.1, 0.15) is 114 Å². The third-order valence-corrected chi connectivity index (χ3v) is 6.08. The zero-order chi connectivity index (χ0) is 23.2. The van der Waals surface area contributed by atoms with Gasteiger partial charge in [0.1, 0.15) is 22.8 Å². The van der Waals surface area contributed by atoms with Crippen molar-refractivity contribution in [1.82, 2.24) is 0 Å². The van der Waals surface area contributed by atoms with Gasteiger partial charge < -0.3 is 24.4 Å². The number of Topliss-reactive ketones (excluding diaryl/α,β-unsaturated/α-hetero) is 1. The molecule has 1 aromatic rings. The van der Waals surface area contributed by atoms with Gasteiger partial charge in [0.2, 0.25) is 5.79 Å². The van der Waals surface area contributed by atoms with E-state index >= 15 is 0 Å². The molecule has 0 fully saturated rings. The second kappa shape index (κ2) is 14.4. The number of hydrogen-bond acceptors (Lipinski definition) is 6. The first-order chi connectivity index (χ1) is 15.5. The Hall–Kier alpha value is -1.79. The Morgan fingerprint density at radius 3 is 2.06 bits per heavy atom. The number of aliphatic hydroxyl groups is 1. The number of unbranched alkanes of at least 4 members (excludes halogenated alkanes) is 12. The minimum Gasteiger partial charge on any atom is -0.507 e. The van der Waals surface area contributed by atoms with Crippen LogP contribution in [0.3, 0.4) is 0 Å². The van der Waals surface area contributed by atoms with E-state index in [0.29, 0.717) is 12.2 Å².